The van der Waals surface area contributed by atoms with E-state index in [0.717, 1.165) is 0 Å². The first kappa shape index (κ1) is 14.0. The van der Waals surface area contributed by atoms with Crippen molar-refractivity contribution in [3.05, 3.63) is 71.6 Å². The Morgan fingerprint density at radius 1 is 1.05 bits per heavy atom. The summed E-state index contributed by atoms with van der Waals surface area (Å²) in [5.74, 6) is 0.175. The van der Waals surface area contributed by atoms with Gasteiger partial charge in [-0.1, -0.05) is 38.1 Å². The Morgan fingerprint density at radius 2 is 1.65 bits per heavy atom. The Kier molecular flexibility index (Phi) is 4.31. The quantitative estimate of drug-likeness (QED) is 0.517. The van der Waals surface area contributed by atoms with E-state index in [2.05, 4.69) is 18.8 Å². The SMILES string of the molecule is CC(C)c1ccc(C(O)=CC(=O)c2ccncc2)cc1. The molecule has 0 bridgehead atoms. The van der Waals surface area contributed by atoms with E-state index in [-0.39, 0.29) is 11.5 Å². The molecule has 102 valence electrons. The van der Waals surface area contributed by atoms with Crippen LogP contribution in [-0.4, -0.2) is 15.9 Å². The van der Waals surface area contributed by atoms with Crippen LogP contribution < -0.4 is 0 Å². The van der Waals surface area contributed by atoms with Gasteiger partial charge in [0.1, 0.15) is 5.76 Å². The van der Waals surface area contributed by atoms with Crippen LogP contribution in [0.1, 0.15) is 41.3 Å². The second-order valence-electron chi connectivity index (χ2n) is 4.91. The van der Waals surface area contributed by atoms with E-state index < -0.39 is 0 Å². The van der Waals surface area contributed by atoms with Crippen LogP contribution in [0.15, 0.2) is 54.9 Å². The minimum Gasteiger partial charge on any atom is -0.507 e. The second-order valence-corrected chi connectivity index (χ2v) is 4.91. The highest BCUT2D eigenvalue weighted by molar-refractivity contribution is 6.07. The Hall–Kier alpha value is -2.42. The molecule has 2 aromatic rings. The van der Waals surface area contributed by atoms with Crippen molar-refractivity contribution in [1.29, 1.82) is 0 Å². The lowest BCUT2D eigenvalue weighted by atomic mass is 10.0. The Morgan fingerprint density at radius 3 is 2.20 bits per heavy atom. The van der Waals surface area contributed by atoms with Gasteiger partial charge in [-0.15, -0.1) is 0 Å². The van der Waals surface area contributed by atoms with Crippen LogP contribution in [0, 0.1) is 0 Å². The first-order valence-electron chi connectivity index (χ1n) is 6.53. The molecule has 3 heteroatoms. The van der Waals surface area contributed by atoms with Crippen molar-refractivity contribution in [2.75, 3.05) is 0 Å². The summed E-state index contributed by atoms with van der Waals surface area (Å²) in [7, 11) is 0. The number of allylic oxidation sites excluding steroid dienone is 1. The number of aromatic nitrogens is 1. The summed E-state index contributed by atoms with van der Waals surface area (Å²) >= 11 is 0. The Balaban J connectivity index is 2.20. The molecule has 0 amide bonds. The molecule has 1 N–H and O–H groups in total. The van der Waals surface area contributed by atoms with E-state index in [9.17, 15) is 9.90 Å². The first-order valence-corrected chi connectivity index (χ1v) is 6.53. The van der Waals surface area contributed by atoms with Gasteiger partial charge in [0.2, 0.25) is 0 Å². The average molecular weight is 267 g/mol. The maximum absolute atomic E-state index is 11.9. The summed E-state index contributed by atoms with van der Waals surface area (Å²) in [6, 6.07) is 10.8. The molecular weight excluding hydrogens is 250 g/mol. The Bertz CT molecular complexity index is 613. The zero-order valence-electron chi connectivity index (χ0n) is 11.6. The van der Waals surface area contributed by atoms with Crippen LogP contribution in [0.5, 0.6) is 0 Å². The fraction of sp³-hybridized carbons (Fsp3) is 0.176. The molecule has 0 fully saturated rings. The predicted octanol–water partition coefficient (Wildman–Crippen LogP) is 3.99. The molecular formula is C17H17NO2. The number of rotatable bonds is 4. The molecule has 1 aromatic carbocycles. The maximum atomic E-state index is 11.9. The van der Waals surface area contributed by atoms with Gasteiger partial charge in [-0.25, -0.2) is 0 Å². The van der Waals surface area contributed by atoms with Crippen molar-refractivity contribution in [3.8, 4) is 0 Å². The van der Waals surface area contributed by atoms with E-state index in [0.29, 0.717) is 17.0 Å². The molecule has 2 rings (SSSR count). The second kappa shape index (κ2) is 6.15. The van der Waals surface area contributed by atoms with Crippen molar-refractivity contribution < 1.29 is 9.90 Å². The highest BCUT2D eigenvalue weighted by Crippen LogP contribution is 2.18. The molecule has 0 saturated carbocycles. The zero-order valence-corrected chi connectivity index (χ0v) is 11.6. The molecule has 3 nitrogen and oxygen atoms in total. The number of nitrogens with zero attached hydrogens (tertiary/aromatic N) is 1. The lowest BCUT2D eigenvalue weighted by Gasteiger charge is -2.06. The van der Waals surface area contributed by atoms with Crippen molar-refractivity contribution in [2.24, 2.45) is 0 Å². The van der Waals surface area contributed by atoms with E-state index in [1.807, 2.05) is 24.3 Å². The number of benzene rings is 1. The topological polar surface area (TPSA) is 50.2 Å². The molecule has 20 heavy (non-hydrogen) atoms. The van der Waals surface area contributed by atoms with Crippen molar-refractivity contribution in [1.82, 2.24) is 4.98 Å². The molecule has 0 aliphatic rings. The molecule has 1 aromatic heterocycles. The van der Waals surface area contributed by atoms with Crippen molar-refractivity contribution in [3.63, 3.8) is 0 Å². The molecule has 0 saturated heterocycles. The van der Waals surface area contributed by atoms with Gasteiger partial charge < -0.3 is 5.11 Å². The molecule has 0 unspecified atom stereocenters. The number of aliphatic hydroxyl groups excluding tert-OH is 1. The third kappa shape index (κ3) is 3.32. The summed E-state index contributed by atoms with van der Waals surface area (Å²) in [4.78, 5) is 15.8. The van der Waals surface area contributed by atoms with Gasteiger partial charge >= 0.3 is 0 Å². The van der Waals surface area contributed by atoms with Crippen molar-refractivity contribution >= 4 is 11.5 Å². The van der Waals surface area contributed by atoms with Crippen LogP contribution in [0.25, 0.3) is 5.76 Å². The van der Waals surface area contributed by atoms with Gasteiger partial charge in [-0.2, -0.15) is 0 Å². The number of carbonyl (C=O) groups is 1. The zero-order chi connectivity index (χ0) is 14.5. The third-order valence-electron chi connectivity index (χ3n) is 3.11. The number of aliphatic hydroxyl groups is 1. The molecule has 0 aliphatic carbocycles. The van der Waals surface area contributed by atoms with Crippen LogP contribution in [0.3, 0.4) is 0 Å². The molecule has 0 radical (unpaired) electrons. The monoisotopic (exact) mass is 267 g/mol. The van der Waals surface area contributed by atoms with E-state index in [4.69, 9.17) is 0 Å². The van der Waals surface area contributed by atoms with E-state index in [1.54, 1.807) is 24.5 Å². The summed E-state index contributed by atoms with van der Waals surface area (Å²) in [6.45, 7) is 4.22. The standard InChI is InChI=1S/C17H17NO2/c1-12(2)13-3-5-14(6-4-13)16(19)11-17(20)15-7-9-18-10-8-15/h3-12,19H,1-2H3. The van der Waals surface area contributed by atoms with Crippen LogP contribution in [0.4, 0.5) is 0 Å². The number of carbonyl (C=O) groups excluding carboxylic acids is 1. The smallest absolute Gasteiger partial charge is 0.189 e. The van der Waals surface area contributed by atoms with Crippen LogP contribution in [-0.2, 0) is 0 Å². The molecule has 0 spiro atoms. The average Bonchev–Trinajstić information content (AvgIpc) is 2.48. The third-order valence-corrected chi connectivity index (χ3v) is 3.11. The van der Waals surface area contributed by atoms with Gasteiger partial charge in [-0.3, -0.25) is 9.78 Å². The lowest BCUT2D eigenvalue weighted by Crippen LogP contribution is -1.97. The fourth-order valence-electron chi connectivity index (χ4n) is 1.85. The number of hydrogen-bond donors (Lipinski definition) is 1. The molecule has 0 atom stereocenters. The number of pyridine rings is 1. The van der Waals surface area contributed by atoms with Gasteiger partial charge in [0.05, 0.1) is 0 Å². The van der Waals surface area contributed by atoms with Gasteiger partial charge in [0.25, 0.3) is 0 Å². The predicted molar refractivity (Wildman–Crippen MR) is 79.7 cm³/mol. The number of ketones is 1. The van der Waals surface area contributed by atoms with Crippen molar-refractivity contribution in [2.45, 2.75) is 19.8 Å². The summed E-state index contributed by atoms with van der Waals surface area (Å²) < 4.78 is 0. The largest absolute Gasteiger partial charge is 0.507 e. The first-order chi connectivity index (χ1) is 9.58. The number of hydrogen-bond acceptors (Lipinski definition) is 3. The highest BCUT2D eigenvalue weighted by Gasteiger charge is 2.06. The van der Waals surface area contributed by atoms with E-state index in [1.165, 1.54) is 11.6 Å². The van der Waals surface area contributed by atoms with Crippen LogP contribution in [0.2, 0.25) is 0 Å². The van der Waals surface area contributed by atoms with Gasteiger partial charge in [-0.05, 0) is 23.6 Å². The summed E-state index contributed by atoms with van der Waals surface area (Å²) in [5.41, 5.74) is 2.34. The normalized spacial score (nSPS) is 11.7. The van der Waals surface area contributed by atoms with Crippen LogP contribution >= 0.6 is 0 Å². The van der Waals surface area contributed by atoms with E-state index >= 15 is 0 Å². The summed E-state index contributed by atoms with van der Waals surface area (Å²) in [6.07, 6.45) is 4.34. The Labute approximate surface area is 118 Å². The lowest BCUT2D eigenvalue weighted by molar-refractivity contribution is 0.104. The fourth-order valence-corrected chi connectivity index (χ4v) is 1.85. The highest BCUT2D eigenvalue weighted by atomic mass is 16.3. The van der Waals surface area contributed by atoms with Gasteiger partial charge in [0.15, 0.2) is 5.78 Å². The maximum Gasteiger partial charge on any atom is 0.189 e. The molecule has 0 aliphatic heterocycles. The van der Waals surface area contributed by atoms with Gasteiger partial charge in [0, 0.05) is 29.6 Å². The minimum absolute atomic E-state index is 0.0258. The molecule has 1 heterocycles. The summed E-state index contributed by atoms with van der Waals surface area (Å²) in [5, 5.41) is 10.0. The minimum atomic E-state index is -0.238.